The number of aryl methyl sites for hydroxylation is 1. The molecule has 1 unspecified atom stereocenters. The SMILES string of the molecule is Cc1cncc(CC(C#N)C(=O)NNC(=S)NC(=O)c2ccc(C(C)(C)C)cc2)c1. The van der Waals surface area contributed by atoms with Crippen LogP contribution in [0.5, 0.6) is 0 Å². The molecule has 1 heterocycles. The number of amides is 2. The third kappa shape index (κ3) is 6.64. The van der Waals surface area contributed by atoms with Gasteiger partial charge in [0.25, 0.3) is 11.8 Å². The van der Waals surface area contributed by atoms with Crippen LogP contribution in [-0.4, -0.2) is 21.9 Å². The first kappa shape index (κ1) is 23.0. The first-order valence-corrected chi connectivity index (χ1v) is 9.83. The van der Waals surface area contributed by atoms with E-state index >= 15 is 0 Å². The highest BCUT2D eigenvalue weighted by atomic mass is 32.1. The van der Waals surface area contributed by atoms with Crippen molar-refractivity contribution in [3.05, 3.63) is 65.0 Å². The molecule has 2 amide bonds. The fraction of sp³-hybridized carbons (Fsp3) is 0.318. The van der Waals surface area contributed by atoms with Crippen molar-refractivity contribution in [2.75, 3.05) is 0 Å². The van der Waals surface area contributed by atoms with Crippen molar-refractivity contribution >= 4 is 29.1 Å². The lowest BCUT2D eigenvalue weighted by Gasteiger charge is -2.19. The smallest absolute Gasteiger partial charge is 0.257 e. The van der Waals surface area contributed by atoms with Gasteiger partial charge in [-0.15, -0.1) is 0 Å². The summed E-state index contributed by atoms with van der Waals surface area (Å²) in [7, 11) is 0. The average Bonchev–Trinajstić information content (AvgIpc) is 2.69. The number of nitriles is 1. The third-order valence-corrected chi connectivity index (χ3v) is 4.59. The lowest BCUT2D eigenvalue weighted by atomic mass is 9.87. The van der Waals surface area contributed by atoms with Gasteiger partial charge >= 0.3 is 0 Å². The van der Waals surface area contributed by atoms with Gasteiger partial charge in [0.2, 0.25) is 0 Å². The number of hydrazine groups is 1. The summed E-state index contributed by atoms with van der Waals surface area (Å²) >= 11 is 5.05. The second-order valence-corrected chi connectivity index (χ2v) is 8.39. The lowest BCUT2D eigenvalue weighted by Crippen LogP contribution is -2.50. The normalized spacial score (nSPS) is 11.7. The molecular weight excluding hydrogens is 398 g/mol. The molecule has 0 saturated heterocycles. The van der Waals surface area contributed by atoms with E-state index < -0.39 is 17.7 Å². The number of benzene rings is 1. The number of aromatic nitrogens is 1. The molecule has 1 aromatic heterocycles. The van der Waals surface area contributed by atoms with Crippen LogP contribution in [0, 0.1) is 24.2 Å². The summed E-state index contributed by atoms with van der Waals surface area (Å²) in [6.07, 6.45) is 3.54. The molecule has 0 saturated carbocycles. The second-order valence-electron chi connectivity index (χ2n) is 7.98. The molecule has 3 N–H and O–H groups in total. The average molecular weight is 424 g/mol. The van der Waals surface area contributed by atoms with Crippen molar-refractivity contribution in [1.29, 1.82) is 5.26 Å². The van der Waals surface area contributed by atoms with E-state index in [-0.39, 0.29) is 16.9 Å². The van der Waals surface area contributed by atoms with Crippen molar-refractivity contribution in [3.8, 4) is 6.07 Å². The van der Waals surface area contributed by atoms with Gasteiger partial charge in [-0.25, -0.2) is 0 Å². The van der Waals surface area contributed by atoms with Crippen molar-refractivity contribution in [3.63, 3.8) is 0 Å². The summed E-state index contributed by atoms with van der Waals surface area (Å²) in [6.45, 7) is 8.16. The van der Waals surface area contributed by atoms with Gasteiger partial charge in [-0.05, 0) is 59.8 Å². The Morgan fingerprint density at radius 3 is 2.40 bits per heavy atom. The van der Waals surface area contributed by atoms with Gasteiger partial charge in [0.15, 0.2) is 5.11 Å². The van der Waals surface area contributed by atoms with Gasteiger partial charge < -0.3 is 0 Å². The highest BCUT2D eigenvalue weighted by Crippen LogP contribution is 2.22. The van der Waals surface area contributed by atoms with Gasteiger partial charge in [0.1, 0.15) is 5.92 Å². The minimum absolute atomic E-state index is 0.0120. The molecule has 0 aliphatic heterocycles. The number of hydrogen-bond acceptors (Lipinski definition) is 5. The van der Waals surface area contributed by atoms with Gasteiger partial charge in [-0.2, -0.15) is 5.26 Å². The largest absolute Gasteiger partial charge is 0.298 e. The molecule has 0 radical (unpaired) electrons. The van der Waals surface area contributed by atoms with Crippen LogP contribution < -0.4 is 16.2 Å². The van der Waals surface area contributed by atoms with E-state index in [0.717, 1.165) is 16.7 Å². The molecule has 0 fully saturated rings. The standard InChI is InChI=1S/C22H25N5O2S/c1-14-9-15(13-24-12-14)10-17(11-23)20(29)26-27-21(30)25-19(28)16-5-7-18(8-6-16)22(2,3)4/h5-9,12-13,17H,10H2,1-4H3,(H,26,29)(H2,25,27,28,30). The monoisotopic (exact) mass is 423 g/mol. The lowest BCUT2D eigenvalue weighted by molar-refractivity contribution is -0.123. The molecule has 30 heavy (non-hydrogen) atoms. The molecule has 2 rings (SSSR count). The van der Waals surface area contributed by atoms with Gasteiger partial charge in [0.05, 0.1) is 6.07 Å². The molecule has 7 nitrogen and oxygen atoms in total. The molecule has 1 aromatic carbocycles. The van der Waals surface area contributed by atoms with E-state index in [1.165, 1.54) is 0 Å². The van der Waals surface area contributed by atoms with Crippen LogP contribution in [0.3, 0.4) is 0 Å². The molecule has 2 aromatic rings. The molecule has 8 heteroatoms. The van der Waals surface area contributed by atoms with Crippen LogP contribution in [0.2, 0.25) is 0 Å². The van der Waals surface area contributed by atoms with Crippen LogP contribution in [-0.2, 0) is 16.6 Å². The number of rotatable bonds is 4. The summed E-state index contributed by atoms with van der Waals surface area (Å²) in [6, 6.07) is 11.1. The highest BCUT2D eigenvalue weighted by Gasteiger charge is 2.19. The van der Waals surface area contributed by atoms with Crippen molar-refractivity contribution in [2.45, 2.75) is 39.5 Å². The number of carbonyl (C=O) groups is 2. The fourth-order valence-corrected chi connectivity index (χ4v) is 2.84. The zero-order chi connectivity index (χ0) is 22.3. The summed E-state index contributed by atoms with van der Waals surface area (Å²) in [5, 5.41) is 11.7. The third-order valence-electron chi connectivity index (χ3n) is 4.38. The minimum Gasteiger partial charge on any atom is -0.298 e. The number of carbonyl (C=O) groups excluding carboxylic acids is 2. The van der Waals surface area contributed by atoms with E-state index in [4.69, 9.17) is 12.2 Å². The molecular formula is C22H25N5O2S. The molecule has 0 spiro atoms. The number of nitrogens with zero attached hydrogens (tertiary/aromatic N) is 2. The first-order valence-electron chi connectivity index (χ1n) is 9.42. The van der Waals surface area contributed by atoms with Gasteiger partial charge in [-0.3, -0.25) is 30.7 Å². The van der Waals surface area contributed by atoms with E-state index in [1.54, 1.807) is 24.5 Å². The van der Waals surface area contributed by atoms with Crippen LogP contribution in [0.15, 0.2) is 42.7 Å². The zero-order valence-electron chi connectivity index (χ0n) is 17.4. The number of hydrogen-bond donors (Lipinski definition) is 3. The Kier molecular flexibility index (Phi) is 7.61. The topological polar surface area (TPSA) is 107 Å². The zero-order valence-corrected chi connectivity index (χ0v) is 18.3. The Hall–Kier alpha value is -3.31. The Morgan fingerprint density at radius 2 is 1.83 bits per heavy atom. The first-order chi connectivity index (χ1) is 14.1. The van der Waals surface area contributed by atoms with Gasteiger partial charge in [-0.1, -0.05) is 39.0 Å². The number of pyridine rings is 1. The van der Waals surface area contributed by atoms with Crippen LogP contribution in [0.4, 0.5) is 0 Å². The maximum atomic E-state index is 12.3. The fourth-order valence-electron chi connectivity index (χ4n) is 2.70. The van der Waals surface area contributed by atoms with Crippen LogP contribution >= 0.6 is 12.2 Å². The van der Waals surface area contributed by atoms with E-state index in [2.05, 4.69) is 41.9 Å². The summed E-state index contributed by atoms with van der Waals surface area (Å²) in [5.41, 5.74) is 8.10. The van der Waals surface area contributed by atoms with Crippen LogP contribution in [0.1, 0.15) is 47.8 Å². The van der Waals surface area contributed by atoms with E-state index in [1.807, 2.05) is 31.2 Å². The molecule has 0 aliphatic rings. The van der Waals surface area contributed by atoms with Crippen molar-refractivity contribution < 1.29 is 9.59 Å². The maximum absolute atomic E-state index is 12.3. The Morgan fingerprint density at radius 1 is 1.17 bits per heavy atom. The van der Waals surface area contributed by atoms with E-state index in [0.29, 0.717) is 5.56 Å². The van der Waals surface area contributed by atoms with E-state index in [9.17, 15) is 14.9 Å². The molecule has 156 valence electrons. The number of thiocarbonyl (C=S) groups is 1. The molecule has 1 atom stereocenters. The van der Waals surface area contributed by atoms with Gasteiger partial charge in [0, 0.05) is 18.0 Å². The number of nitrogens with one attached hydrogen (secondary N) is 3. The minimum atomic E-state index is -0.926. The maximum Gasteiger partial charge on any atom is 0.257 e. The Balaban J connectivity index is 1.87. The van der Waals surface area contributed by atoms with Crippen LogP contribution in [0.25, 0.3) is 0 Å². The Bertz CT molecular complexity index is 974. The second kappa shape index (κ2) is 9.94. The molecule has 0 bridgehead atoms. The Labute approximate surface area is 181 Å². The predicted octanol–water partition coefficient (Wildman–Crippen LogP) is 2.71. The predicted molar refractivity (Wildman–Crippen MR) is 118 cm³/mol. The summed E-state index contributed by atoms with van der Waals surface area (Å²) in [4.78, 5) is 28.6. The quantitative estimate of drug-likeness (QED) is 0.516. The molecule has 0 aliphatic carbocycles. The van der Waals surface area contributed by atoms with Crippen molar-refractivity contribution in [1.82, 2.24) is 21.2 Å². The van der Waals surface area contributed by atoms with Crippen molar-refractivity contribution in [2.24, 2.45) is 5.92 Å². The summed E-state index contributed by atoms with van der Waals surface area (Å²) in [5.74, 6) is -1.88. The highest BCUT2D eigenvalue weighted by molar-refractivity contribution is 7.80. The summed E-state index contributed by atoms with van der Waals surface area (Å²) < 4.78 is 0.